The molecule has 1 aliphatic carbocycles. The molecule has 3 aromatic rings. The number of nitrogens with two attached hydrogens (primary N) is 1. The van der Waals surface area contributed by atoms with E-state index in [4.69, 9.17) is 19.4 Å². The molecular formula is C18H18FN3O3. The topological polar surface area (TPSA) is 87.3 Å². The highest BCUT2D eigenvalue weighted by molar-refractivity contribution is 5.44. The highest BCUT2D eigenvalue weighted by atomic mass is 19.1. The van der Waals surface area contributed by atoms with Crippen LogP contribution in [-0.2, 0) is 12.1 Å². The summed E-state index contributed by atoms with van der Waals surface area (Å²) < 4.78 is 29.4. The van der Waals surface area contributed by atoms with E-state index in [9.17, 15) is 4.39 Å². The highest BCUT2D eigenvalue weighted by Crippen LogP contribution is 2.35. The molecule has 2 aromatic heterocycles. The minimum Gasteiger partial charge on any atom is -0.486 e. The zero-order chi connectivity index (χ0) is 17.3. The monoisotopic (exact) mass is 343 g/mol. The first-order chi connectivity index (χ1) is 12.1. The average Bonchev–Trinajstić information content (AvgIpc) is 3.35. The summed E-state index contributed by atoms with van der Waals surface area (Å²) in [6.07, 6.45) is 3.87. The summed E-state index contributed by atoms with van der Waals surface area (Å²) in [6.45, 7) is 0.216. The van der Waals surface area contributed by atoms with Gasteiger partial charge in [0.1, 0.15) is 23.9 Å². The predicted octanol–water partition coefficient (Wildman–Crippen LogP) is 3.78. The molecule has 1 aliphatic rings. The van der Waals surface area contributed by atoms with Gasteiger partial charge in [-0.3, -0.25) is 0 Å². The van der Waals surface area contributed by atoms with Gasteiger partial charge in [0.15, 0.2) is 11.6 Å². The number of rotatable bonds is 5. The van der Waals surface area contributed by atoms with Crippen LogP contribution in [0.2, 0.25) is 0 Å². The van der Waals surface area contributed by atoms with Gasteiger partial charge in [0.25, 0.3) is 5.89 Å². The highest BCUT2D eigenvalue weighted by Gasteiger charge is 2.36. The minimum atomic E-state index is -0.497. The van der Waals surface area contributed by atoms with Crippen molar-refractivity contribution in [3.8, 4) is 17.4 Å². The van der Waals surface area contributed by atoms with E-state index in [1.54, 1.807) is 24.3 Å². The van der Waals surface area contributed by atoms with Crippen molar-refractivity contribution in [3.63, 3.8) is 0 Å². The Kier molecular flexibility index (Phi) is 4.01. The molecule has 2 heterocycles. The van der Waals surface area contributed by atoms with E-state index in [1.807, 2.05) is 0 Å². The van der Waals surface area contributed by atoms with Crippen LogP contribution >= 0.6 is 0 Å². The van der Waals surface area contributed by atoms with Crippen molar-refractivity contribution in [2.45, 2.75) is 37.8 Å². The van der Waals surface area contributed by atoms with Crippen LogP contribution in [0.5, 0.6) is 5.75 Å². The van der Waals surface area contributed by atoms with Crippen LogP contribution in [0, 0.1) is 5.82 Å². The summed E-state index contributed by atoms with van der Waals surface area (Å²) in [4.78, 5) is 4.40. The Morgan fingerprint density at radius 1 is 1.12 bits per heavy atom. The van der Waals surface area contributed by atoms with E-state index in [1.165, 1.54) is 12.1 Å². The number of nitrogens with zero attached hydrogens (tertiary/aromatic N) is 2. The summed E-state index contributed by atoms with van der Waals surface area (Å²) in [5.74, 6) is 2.16. The molecule has 1 aromatic carbocycles. The van der Waals surface area contributed by atoms with Gasteiger partial charge in [-0.05, 0) is 49.2 Å². The minimum absolute atomic E-state index is 0.216. The fourth-order valence-electron chi connectivity index (χ4n) is 3.01. The lowest BCUT2D eigenvalue weighted by atomic mass is 9.99. The van der Waals surface area contributed by atoms with Crippen molar-refractivity contribution in [1.82, 2.24) is 10.1 Å². The van der Waals surface area contributed by atoms with E-state index in [0.717, 1.165) is 25.7 Å². The third kappa shape index (κ3) is 3.28. The molecular weight excluding hydrogens is 325 g/mol. The SMILES string of the molecule is NC1(c2noc(-c3ccc(COc4ccc(F)cc4)o3)n2)CCCC1. The van der Waals surface area contributed by atoms with Gasteiger partial charge >= 0.3 is 0 Å². The lowest BCUT2D eigenvalue weighted by molar-refractivity contribution is 0.270. The van der Waals surface area contributed by atoms with Gasteiger partial charge in [0.2, 0.25) is 0 Å². The summed E-state index contributed by atoms with van der Waals surface area (Å²) >= 11 is 0. The molecule has 1 saturated carbocycles. The molecule has 0 spiro atoms. The van der Waals surface area contributed by atoms with Gasteiger partial charge in [0.05, 0.1) is 5.54 Å². The van der Waals surface area contributed by atoms with E-state index < -0.39 is 5.54 Å². The Balaban J connectivity index is 1.44. The largest absolute Gasteiger partial charge is 0.486 e. The predicted molar refractivity (Wildman–Crippen MR) is 87.1 cm³/mol. The number of aromatic nitrogens is 2. The van der Waals surface area contributed by atoms with Crippen molar-refractivity contribution in [1.29, 1.82) is 0 Å². The smallest absolute Gasteiger partial charge is 0.293 e. The molecule has 2 N–H and O–H groups in total. The van der Waals surface area contributed by atoms with Gasteiger partial charge in [-0.2, -0.15) is 4.98 Å². The van der Waals surface area contributed by atoms with Gasteiger partial charge in [-0.15, -0.1) is 0 Å². The zero-order valence-corrected chi connectivity index (χ0v) is 13.6. The lowest BCUT2D eigenvalue weighted by Gasteiger charge is -2.17. The molecule has 25 heavy (non-hydrogen) atoms. The third-order valence-electron chi connectivity index (χ3n) is 4.43. The first kappa shape index (κ1) is 15.8. The molecule has 0 unspecified atom stereocenters. The van der Waals surface area contributed by atoms with Crippen LogP contribution in [0.1, 0.15) is 37.3 Å². The van der Waals surface area contributed by atoms with Crippen LogP contribution in [0.4, 0.5) is 4.39 Å². The first-order valence-corrected chi connectivity index (χ1v) is 8.23. The molecule has 0 radical (unpaired) electrons. The molecule has 0 saturated heterocycles. The molecule has 0 amide bonds. The van der Waals surface area contributed by atoms with Crippen LogP contribution in [0.25, 0.3) is 11.7 Å². The molecule has 4 rings (SSSR count). The molecule has 0 bridgehead atoms. The Labute approximate surface area is 143 Å². The molecule has 6 nitrogen and oxygen atoms in total. The Morgan fingerprint density at radius 2 is 1.88 bits per heavy atom. The maximum atomic E-state index is 12.9. The molecule has 0 atom stereocenters. The number of hydrogen-bond donors (Lipinski definition) is 1. The Morgan fingerprint density at radius 3 is 2.64 bits per heavy atom. The summed E-state index contributed by atoms with van der Waals surface area (Å²) in [5.41, 5.74) is 5.84. The van der Waals surface area contributed by atoms with E-state index >= 15 is 0 Å². The second kappa shape index (κ2) is 6.33. The number of furan rings is 1. The average molecular weight is 343 g/mol. The summed E-state index contributed by atoms with van der Waals surface area (Å²) in [6, 6.07) is 9.33. The number of halogens is 1. The van der Waals surface area contributed by atoms with E-state index in [-0.39, 0.29) is 12.4 Å². The fourth-order valence-corrected chi connectivity index (χ4v) is 3.01. The molecule has 1 fully saturated rings. The maximum absolute atomic E-state index is 12.9. The second-order valence-electron chi connectivity index (χ2n) is 6.29. The molecule has 0 aliphatic heterocycles. The van der Waals surface area contributed by atoms with Crippen LogP contribution in [0.15, 0.2) is 45.3 Å². The summed E-state index contributed by atoms with van der Waals surface area (Å²) in [7, 11) is 0. The van der Waals surface area contributed by atoms with Gasteiger partial charge in [-0.25, -0.2) is 4.39 Å². The normalized spacial score (nSPS) is 16.2. The van der Waals surface area contributed by atoms with Crippen molar-refractivity contribution in [2.24, 2.45) is 5.73 Å². The van der Waals surface area contributed by atoms with Crippen molar-refractivity contribution in [2.75, 3.05) is 0 Å². The van der Waals surface area contributed by atoms with Gasteiger partial charge in [-0.1, -0.05) is 18.0 Å². The standard InChI is InChI=1S/C18H18FN3O3/c19-12-3-5-13(6-4-12)23-11-14-7-8-15(24-14)16-21-17(22-25-16)18(20)9-1-2-10-18/h3-8H,1-2,9-11,20H2. The number of benzene rings is 1. The first-order valence-electron chi connectivity index (χ1n) is 8.23. The Hall–Kier alpha value is -2.67. The fraction of sp³-hybridized carbons (Fsp3) is 0.333. The van der Waals surface area contributed by atoms with Gasteiger partial charge < -0.3 is 19.4 Å². The number of hydrogen-bond acceptors (Lipinski definition) is 6. The lowest BCUT2D eigenvalue weighted by Crippen LogP contribution is -2.34. The van der Waals surface area contributed by atoms with Crippen LogP contribution in [0.3, 0.4) is 0 Å². The van der Waals surface area contributed by atoms with E-state index in [0.29, 0.717) is 29.0 Å². The molecule has 130 valence electrons. The zero-order valence-electron chi connectivity index (χ0n) is 13.6. The van der Waals surface area contributed by atoms with Gasteiger partial charge in [0, 0.05) is 0 Å². The van der Waals surface area contributed by atoms with Crippen molar-refractivity contribution in [3.05, 3.63) is 53.8 Å². The quantitative estimate of drug-likeness (QED) is 0.758. The van der Waals surface area contributed by atoms with Crippen molar-refractivity contribution >= 4 is 0 Å². The van der Waals surface area contributed by atoms with E-state index in [2.05, 4.69) is 10.1 Å². The van der Waals surface area contributed by atoms with Crippen molar-refractivity contribution < 1.29 is 18.1 Å². The van der Waals surface area contributed by atoms with Crippen LogP contribution < -0.4 is 10.5 Å². The number of ether oxygens (including phenoxy) is 1. The second-order valence-corrected chi connectivity index (χ2v) is 6.29. The molecule has 7 heteroatoms. The third-order valence-corrected chi connectivity index (χ3v) is 4.43. The van der Waals surface area contributed by atoms with Crippen LogP contribution in [-0.4, -0.2) is 10.1 Å². The maximum Gasteiger partial charge on any atom is 0.293 e. The summed E-state index contributed by atoms with van der Waals surface area (Å²) in [5, 5.41) is 4.02. The Bertz CT molecular complexity index is 851.